The number of thioether (sulfide) groups is 1. The second-order valence-electron chi connectivity index (χ2n) is 8.83. The van der Waals surface area contributed by atoms with Crippen molar-refractivity contribution in [2.24, 2.45) is 0 Å². The van der Waals surface area contributed by atoms with Gasteiger partial charge in [-0.1, -0.05) is 42.1 Å². The molecule has 0 unspecified atom stereocenters. The first-order valence-corrected chi connectivity index (χ1v) is 13.0. The van der Waals surface area contributed by atoms with Gasteiger partial charge in [0.1, 0.15) is 6.26 Å². The highest BCUT2D eigenvalue weighted by molar-refractivity contribution is 7.98. The van der Waals surface area contributed by atoms with Crippen LogP contribution in [0.15, 0.2) is 87.2 Å². The summed E-state index contributed by atoms with van der Waals surface area (Å²) < 4.78 is 52.7. The van der Waals surface area contributed by atoms with E-state index in [9.17, 15) is 18.0 Å². The number of nitrogens with zero attached hydrogens (tertiary/aromatic N) is 5. The van der Waals surface area contributed by atoms with E-state index in [0.29, 0.717) is 24.0 Å². The Morgan fingerprint density at radius 1 is 1.00 bits per heavy atom. The van der Waals surface area contributed by atoms with Gasteiger partial charge in [-0.25, -0.2) is 4.98 Å². The lowest BCUT2D eigenvalue weighted by Gasteiger charge is -2.28. The SMILES string of the molecule is O=C(c1coc(CSc2nnc(-c3ccco3)n2-c2cccc(C(F)(F)F)c2)n1)N1CCc2ccccc2C1. The standard InChI is InChI=1S/C27H20F3N5O3S/c28-27(29,30)19-7-3-8-20(13-19)35-24(22-9-4-12-37-22)32-33-26(35)39-16-23-31-21(15-38-23)25(36)34-11-10-17-5-1-2-6-18(17)14-34/h1-9,12-13,15H,10-11,14,16H2. The smallest absolute Gasteiger partial charge is 0.416 e. The van der Waals surface area contributed by atoms with Crippen LogP contribution in [0.3, 0.4) is 0 Å². The van der Waals surface area contributed by atoms with Crippen LogP contribution in [0.1, 0.15) is 33.1 Å². The zero-order chi connectivity index (χ0) is 27.0. The van der Waals surface area contributed by atoms with E-state index in [1.54, 1.807) is 17.0 Å². The van der Waals surface area contributed by atoms with Crippen molar-refractivity contribution in [1.29, 1.82) is 0 Å². The van der Waals surface area contributed by atoms with Gasteiger partial charge in [0.2, 0.25) is 11.7 Å². The Morgan fingerprint density at radius 2 is 1.85 bits per heavy atom. The Kier molecular flexibility index (Phi) is 6.47. The van der Waals surface area contributed by atoms with E-state index in [1.807, 2.05) is 18.2 Å². The number of carbonyl (C=O) groups excluding carboxylic acids is 1. The van der Waals surface area contributed by atoms with Gasteiger partial charge in [-0.15, -0.1) is 10.2 Å². The Hall–Kier alpha value is -4.32. The second kappa shape index (κ2) is 10.1. The Morgan fingerprint density at radius 3 is 2.64 bits per heavy atom. The van der Waals surface area contributed by atoms with Crippen LogP contribution in [0, 0.1) is 0 Å². The number of hydrogen-bond acceptors (Lipinski definition) is 7. The van der Waals surface area contributed by atoms with Gasteiger partial charge in [-0.2, -0.15) is 13.2 Å². The molecule has 0 radical (unpaired) electrons. The topological polar surface area (TPSA) is 90.2 Å². The van der Waals surface area contributed by atoms with Crippen molar-refractivity contribution >= 4 is 17.7 Å². The summed E-state index contributed by atoms with van der Waals surface area (Å²) in [5.41, 5.74) is 1.96. The molecule has 198 valence electrons. The molecule has 0 aliphatic carbocycles. The van der Waals surface area contributed by atoms with Gasteiger partial charge in [0.05, 0.1) is 23.3 Å². The maximum atomic E-state index is 13.4. The van der Waals surface area contributed by atoms with Gasteiger partial charge in [0, 0.05) is 13.1 Å². The molecule has 5 aromatic rings. The predicted molar refractivity (Wildman–Crippen MR) is 135 cm³/mol. The van der Waals surface area contributed by atoms with Crippen molar-refractivity contribution in [3.8, 4) is 17.3 Å². The molecular formula is C27H20F3N5O3S. The van der Waals surface area contributed by atoms with Gasteiger partial charge >= 0.3 is 6.18 Å². The largest absolute Gasteiger partial charge is 0.461 e. The number of aromatic nitrogens is 4. The number of furan rings is 1. The highest BCUT2D eigenvalue weighted by Gasteiger charge is 2.31. The molecular weight excluding hydrogens is 531 g/mol. The van der Waals surface area contributed by atoms with Gasteiger partial charge in [0.15, 0.2) is 16.6 Å². The van der Waals surface area contributed by atoms with Crippen molar-refractivity contribution in [2.75, 3.05) is 6.54 Å². The molecule has 1 aliphatic rings. The minimum atomic E-state index is -4.51. The summed E-state index contributed by atoms with van der Waals surface area (Å²) in [5.74, 6) is 0.815. The first-order chi connectivity index (χ1) is 18.9. The van der Waals surface area contributed by atoms with Crippen LogP contribution in [0.4, 0.5) is 13.2 Å². The van der Waals surface area contributed by atoms with E-state index in [1.165, 1.54) is 34.8 Å². The fourth-order valence-electron chi connectivity index (χ4n) is 4.42. The van der Waals surface area contributed by atoms with Gasteiger partial charge in [-0.3, -0.25) is 9.36 Å². The summed E-state index contributed by atoms with van der Waals surface area (Å²) in [6, 6.07) is 16.2. The molecule has 0 N–H and O–H groups in total. The number of alkyl halides is 3. The summed E-state index contributed by atoms with van der Waals surface area (Å²) >= 11 is 1.16. The molecule has 1 amide bonds. The van der Waals surface area contributed by atoms with Crippen molar-refractivity contribution in [3.05, 3.63) is 101 Å². The summed E-state index contributed by atoms with van der Waals surface area (Å²) in [7, 11) is 0. The number of oxazole rings is 1. The number of halogens is 3. The van der Waals surface area contributed by atoms with Crippen molar-refractivity contribution in [3.63, 3.8) is 0 Å². The van der Waals surface area contributed by atoms with Crippen LogP contribution in [0.25, 0.3) is 17.3 Å². The Labute approximate surface area is 224 Å². The van der Waals surface area contributed by atoms with Crippen molar-refractivity contribution < 1.29 is 26.8 Å². The quantitative estimate of drug-likeness (QED) is 0.238. The van der Waals surface area contributed by atoms with Gasteiger partial charge < -0.3 is 13.7 Å². The number of benzene rings is 2. The van der Waals surface area contributed by atoms with Crippen molar-refractivity contribution in [1.82, 2.24) is 24.6 Å². The third-order valence-corrected chi connectivity index (χ3v) is 7.23. The molecule has 0 fully saturated rings. The molecule has 1 aliphatic heterocycles. The van der Waals surface area contributed by atoms with E-state index in [0.717, 1.165) is 35.9 Å². The first kappa shape index (κ1) is 25.0. The predicted octanol–water partition coefficient (Wildman–Crippen LogP) is 6.02. The Bertz CT molecular complexity index is 1630. The third-order valence-electron chi connectivity index (χ3n) is 6.32. The zero-order valence-corrected chi connectivity index (χ0v) is 21.1. The summed E-state index contributed by atoms with van der Waals surface area (Å²) in [6.45, 7) is 1.09. The average molecular weight is 552 g/mol. The highest BCUT2D eigenvalue weighted by atomic mass is 32.2. The maximum absolute atomic E-state index is 13.4. The molecule has 12 heteroatoms. The maximum Gasteiger partial charge on any atom is 0.416 e. The summed E-state index contributed by atoms with van der Waals surface area (Å²) in [6.07, 6.45) is -0.977. The van der Waals surface area contributed by atoms with Crippen LogP contribution in [-0.4, -0.2) is 37.1 Å². The molecule has 0 saturated carbocycles. The van der Waals surface area contributed by atoms with Gasteiger partial charge in [-0.05, 0) is 47.9 Å². The molecule has 0 atom stereocenters. The zero-order valence-electron chi connectivity index (χ0n) is 20.3. The van der Waals surface area contributed by atoms with E-state index in [-0.39, 0.29) is 34.8 Å². The lowest BCUT2D eigenvalue weighted by Crippen LogP contribution is -2.36. The average Bonchev–Trinajstić information content (AvgIpc) is 3.72. The minimum Gasteiger partial charge on any atom is -0.461 e. The highest BCUT2D eigenvalue weighted by Crippen LogP contribution is 2.34. The summed E-state index contributed by atoms with van der Waals surface area (Å²) in [5, 5.41) is 8.64. The molecule has 4 heterocycles. The molecule has 39 heavy (non-hydrogen) atoms. The van der Waals surface area contributed by atoms with Crippen LogP contribution >= 0.6 is 11.8 Å². The van der Waals surface area contributed by atoms with E-state index in [2.05, 4.69) is 21.2 Å². The number of fused-ring (bicyclic) bond motifs is 1. The monoisotopic (exact) mass is 551 g/mol. The lowest BCUT2D eigenvalue weighted by atomic mass is 10.00. The second-order valence-corrected chi connectivity index (χ2v) is 9.77. The van der Waals surface area contributed by atoms with Crippen LogP contribution in [-0.2, 0) is 24.9 Å². The molecule has 0 saturated heterocycles. The van der Waals surface area contributed by atoms with Crippen LogP contribution < -0.4 is 0 Å². The van der Waals surface area contributed by atoms with Crippen LogP contribution in [0.5, 0.6) is 0 Å². The van der Waals surface area contributed by atoms with E-state index >= 15 is 0 Å². The first-order valence-electron chi connectivity index (χ1n) is 12.0. The molecule has 6 rings (SSSR count). The normalized spacial score (nSPS) is 13.5. The third kappa shape index (κ3) is 5.07. The molecule has 0 bridgehead atoms. The molecule has 2 aromatic carbocycles. The van der Waals surface area contributed by atoms with Crippen LogP contribution in [0.2, 0.25) is 0 Å². The number of rotatable bonds is 6. The Balaban J connectivity index is 1.22. The molecule has 0 spiro atoms. The van der Waals surface area contributed by atoms with E-state index in [4.69, 9.17) is 8.83 Å². The molecule has 3 aromatic heterocycles. The summed E-state index contributed by atoms with van der Waals surface area (Å²) in [4.78, 5) is 19.1. The minimum absolute atomic E-state index is 0.172. The van der Waals surface area contributed by atoms with E-state index < -0.39 is 11.7 Å². The molecule has 8 nitrogen and oxygen atoms in total. The van der Waals surface area contributed by atoms with Crippen molar-refractivity contribution in [2.45, 2.75) is 30.1 Å². The fourth-order valence-corrected chi connectivity index (χ4v) is 5.22. The number of carbonyl (C=O) groups is 1. The number of amides is 1. The van der Waals surface area contributed by atoms with Gasteiger partial charge in [0.25, 0.3) is 5.91 Å². The fraction of sp³-hybridized carbons (Fsp3) is 0.185. The number of hydrogen-bond donors (Lipinski definition) is 0. The lowest BCUT2D eigenvalue weighted by molar-refractivity contribution is -0.137.